The maximum atomic E-state index is 14.3. The lowest BCUT2D eigenvalue weighted by molar-refractivity contribution is 0.356. The SMILES string of the molecule is COc1cc2c(-c3ccc(CNS(=O)[O-])c(F)c3)n[nH]c(=O)c2cc1OC.Cl. The van der Waals surface area contributed by atoms with Gasteiger partial charge in [0.2, 0.25) is 0 Å². The Balaban J connectivity index is 0.00000280. The predicted octanol–water partition coefficient (Wildman–Crippen LogP) is 2.05. The molecule has 0 aliphatic heterocycles. The zero-order chi connectivity index (χ0) is 19.6. The average molecular weight is 429 g/mol. The molecular weight excluding hydrogens is 413 g/mol. The average Bonchev–Trinajstić information content (AvgIpc) is 2.66. The van der Waals surface area contributed by atoms with Crippen LogP contribution in [0.2, 0.25) is 0 Å². The summed E-state index contributed by atoms with van der Waals surface area (Å²) >= 11 is -2.49. The zero-order valence-electron chi connectivity index (χ0n) is 14.8. The number of rotatable bonds is 6. The highest BCUT2D eigenvalue weighted by molar-refractivity contribution is 7.77. The van der Waals surface area contributed by atoms with Gasteiger partial charge in [-0.2, -0.15) is 5.10 Å². The molecule has 1 unspecified atom stereocenters. The van der Waals surface area contributed by atoms with Crippen LogP contribution in [-0.4, -0.2) is 33.2 Å². The van der Waals surface area contributed by atoms with Crippen molar-refractivity contribution in [2.75, 3.05) is 14.2 Å². The topological polar surface area (TPSA) is 116 Å². The van der Waals surface area contributed by atoms with Crippen molar-refractivity contribution in [3.8, 4) is 22.8 Å². The van der Waals surface area contributed by atoms with Crippen molar-refractivity contribution < 1.29 is 22.6 Å². The monoisotopic (exact) mass is 428 g/mol. The number of aromatic amines is 1. The number of hydrogen-bond donors (Lipinski definition) is 2. The highest BCUT2D eigenvalue weighted by Crippen LogP contribution is 2.34. The second kappa shape index (κ2) is 9.11. The fourth-order valence-corrected chi connectivity index (χ4v) is 2.96. The van der Waals surface area contributed by atoms with Gasteiger partial charge in [0.1, 0.15) is 5.82 Å². The molecule has 2 aromatic carbocycles. The molecule has 8 nitrogen and oxygen atoms in total. The first kappa shape index (κ1) is 21.8. The van der Waals surface area contributed by atoms with Crippen LogP contribution in [0, 0.1) is 5.82 Å². The molecule has 0 aliphatic carbocycles. The van der Waals surface area contributed by atoms with Crippen molar-refractivity contribution >= 4 is 34.4 Å². The molecule has 1 atom stereocenters. The van der Waals surface area contributed by atoms with Crippen LogP contribution in [0.15, 0.2) is 35.1 Å². The van der Waals surface area contributed by atoms with Gasteiger partial charge in [0, 0.05) is 34.3 Å². The number of H-pyrrole nitrogens is 1. The molecule has 3 aromatic rings. The molecule has 150 valence electrons. The van der Waals surface area contributed by atoms with Gasteiger partial charge in [-0.15, -0.1) is 12.4 Å². The van der Waals surface area contributed by atoms with Gasteiger partial charge in [0.05, 0.1) is 25.3 Å². The number of halogens is 2. The first-order chi connectivity index (χ1) is 12.9. The smallest absolute Gasteiger partial charge is 0.272 e. The minimum atomic E-state index is -2.49. The van der Waals surface area contributed by atoms with E-state index in [0.29, 0.717) is 33.5 Å². The van der Waals surface area contributed by atoms with Crippen molar-refractivity contribution in [3.05, 3.63) is 52.1 Å². The summed E-state index contributed by atoms with van der Waals surface area (Å²) in [5.74, 6) is 0.177. The summed E-state index contributed by atoms with van der Waals surface area (Å²) in [6.07, 6.45) is 0. The number of nitrogens with one attached hydrogen (secondary N) is 2. The molecule has 2 N–H and O–H groups in total. The summed E-state index contributed by atoms with van der Waals surface area (Å²) in [4.78, 5) is 12.1. The van der Waals surface area contributed by atoms with Crippen LogP contribution in [0.25, 0.3) is 22.0 Å². The summed E-state index contributed by atoms with van der Waals surface area (Å²) < 4.78 is 48.1. The molecule has 0 amide bonds. The van der Waals surface area contributed by atoms with E-state index in [2.05, 4.69) is 14.9 Å². The van der Waals surface area contributed by atoms with Crippen LogP contribution in [0.1, 0.15) is 5.56 Å². The van der Waals surface area contributed by atoms with E-state index in [0.717, 1.165) is 0 Å². The van der Waals surface area contributed by atoms with Crippen molar-refractivity contribution in [3.63, 3.8) is 0 Å². The lowest BCUT2D eigenvalue weighted by Crippen LogP contribution is -2.16. The maximum Gasteiger partial charge on any atom is 0.272 e. The molecule has 0 aliphatic rings. The van der Waals surface area contributed by atoms with Gasteiger partial charge in [0.15, 0.2) is 11.5 Å². The molecule has 0 spiro atoms. The Morgan fingerprint density at radius 3 is 2.39 bits per heavy atom. The van der Waals surface area contributed by atoms with Crippen LogP contribution < -0.4 is 19.8 Å². The van der Waals surface area contributed by atoms with E-state index in [1.165, 1.54) is 32.4 Å². The first-order valence-electron chi connectivity index (χ1n) is 7.70. The quantitative estimate of drug-likeness (QED) is 0.580. The standard InChI is InChI=1S/C17H16FN3O5S.ClH/c1-25-14-6-11-12(7-15(14)26-2)17(22)21-20-16(11)9-3-4-10(13(18)5-9)8-19-27(23)24;/h3-7,19H,8H2,1-2H3,(H,21,22)(H,23,24);1H/p-1. The lowest BCUT2D eigenvalue weighted by Gasteiger charge is -2.12. The van der Waals surface area contributed by atoms with Crippen LogP contribution >= 0.6 is 12.4 Å². The van der Waals surface area contributed by atoms with Crippen molar-refractivity contribution in [1.29, 1.82) is 0 Å². The van der Waals surface area contributed by atoms with E-state index in [-0.39, 0.29) is 24.5 Å². The molecule has 0 fully saturated rings. The number of hydrogen-bond acceptors (Lipinski definition) is 6. The van der Waals surface area contributed by atoms with E-state index in [9.17, 15) is 17.9 Å². The zero-order valence-corrected chi connectivity index (χ0v) is 16.4. The number of methoxy groups -OCH3 is 2. The summed E-state index contributed by atoms with van der Waals surface area (Å²) in [7, 11) is 2.92. The Labute approximate surface area is 167 Å². The number of nitrogens with zero attached hydrogens (tertiary/aromatic N) is 1. The maximum absolute atomic E-state index is 14.3. The van der Waals surface area contributed by atoms with Crippen LogP contribution in [-0.2, 0) is 17.8 Å². The Morgan fingerprint density at radius 2 is 1.82 bits per heavy atom. The predicted molar refractivity (Wildman–Crippen MR) is 104 cm³/mol. The number of ether oxygens (including phenoxy) is 2. The molecule has 0 radical (unpaired) electrons. The molecule has 1 heterocycles. The Morgan fingerprint density at radius 1 is 1.18 bits per heavy atom. The third kappa shape index (κ3) is 4.30. The van der Waals surface area contributed by atoms with Crippen molar-refractivity contribution in [1.82, 2.24) is 14.9 Å². The first-order valence-corrected chi connectivity index (χ1v) is 8.78. The third-order valence-corrected chi connectivity index (χ3v) is 4.38. The minimum Gasteiger partial charge on any atom is -0.760 e. The molecule has 28 heavy (non-hydrogen) atoms. The Bertz CT molecular complexity index is 1090. The van der Waals surface area contributed by atoms with E-state index in [1.54, 1.807) is 12.1 Å². The fraction of sp³-hybridized carbons (Fsp3) is 0.176. The van der Waals surface area contributed by atoms with Gasteiger partial charge in [-0.1, -0.05) is 12.1 Å². The van der Waals surface area contributed by atoms with E-state index >= 15 is 0 Å². The molecular formula is C17H16ClFN3O5S-. The molecule has 3 rings (SSSR count). The summed E-state index contributed by atoms with van der Waals surface area (Å²) in [6.45, 7) is -0.174. The highest BCUT2D eigenvalue weighted by Gasteiger charge is 2.15. The van der Waals surface area contributed by atoms with Gasteiger partial charge < -0.3 is 14.0 Å². The van der Waals surface area contributed by atoms with Gasteiger partial charge in [-0.3, -0.25) is 9.00 Å². The van der Waals surface area contributed by atoms with Gasteiger partial charge in [-0.25, -0.2) is 14.2 Å². The van der Waals surface area contributed by atoms with E-state index in [1.807, 2.05) is 0 Å². The molecule has 0 saturated carbocycles. The highest BCUT2D eigenvalue weighted by atomic mass is 35.5. The third-order valence-electron chi connectivity index (χ3n) is 4.00. The lowest BCUT2D eigenvalue weighted by atomic mass is 10.0. The van der Waals surface area contributed by atoms with E-state index < -0.39 is 22.6 Å². The summed E-state index contributed by atoms with van der Waals surface area (Å²) in [5.41, 5.74) is 0.508. The number of fused-ring (bicyclic) bond motifs is 1. The summed E-state index contributed by atoms with van der Waals surface area (Å²) in [6, 6.07) is 7.38. The molecule has 1 aromatic heterocycles. The van der Waals surface area contributed by atoms with Crippen molar-refractivity contribution in [2.45, 2.75) is 6.54 Å². The number of benzene rings is 2. The van der Waals surface area contributed by atoms with Gasteiger partial charge in [0.25, 0.3) is 5.56 Å². The van der Waals surface area contributed by atoms with Crippen LogP contribution in [0.3, 0.4) is 0 Å². The largest absolute Gasteiger partial charge is 0.760 e. The second-order valence-electron chi connectivity index (χ2n) is 5.52. The number of aromatic nitrogens is 2. The Hall–Kier alpha value is -2.53. The van der Waals surface area contributed by atoms with Crippen LogP contribution in [0.5, 0.6) is 11.5 Å². The fourth-order valence-electron chi connectivity index (χ4n) is 2.68. The minimum absolute atomic E-state index is 0. The summed E-state index contributed by atoms with van der Waals surface area (Å²) in [5, 5.41) is 7.20. The normalized spacial score (nSPS) is 11.7. The van der Waals surface area contributed by atoms with E-state index in [4.69, 9.17) is 9.47 Å². The molecule has 11 heteroatoms. The molecule has 0 bridgehead atoms. The second-order valence-corrected chi connectivity index (χ2v) is 6.27. The van der Waals surface area contributed by atoms with Crippen LogP contribution in [0.4, 0.5) is 4.39 Å². The van der Waals surface area contributed by atoms with Gasteiger partial charge in [-0.05, 0) is 18.2 Å². The van der Waals surface area contributed by atoms with Gasteiger partial charge >= 0.3 is 0 Å². The molecule has 0 saturated heterocycles. The van der Waals surface area contributed by atoms with Crippen molar-refractivity contribution in [2.24, 2.45) is 0 Å². The Kier molecular flexibility index (Phi) is 7.08.